The second-order valence-corrected chi connectivity index (χ2v) is 6.51. The monoisotopic (exact) mass is 353 g/mol. The molecule has 0 bridgehead atoms. The highest BCUT2D eigenvalue weighted by molar-refractivity contribution is 5.54. The van der Waals surface area contributed by atoms with Gasteiger partial charge in [0.15, 0.2) is 5.82 Å². The van der Waals surface area contributed by atoms with Crippen LogP contribution >= 0.6 is 0 Å². The summed E-state index contributed by atoms with van der Waals surface area (Å²) in [6.07, 6.45) is 2.34. The molecule has 1 saturated carbocycles. The molecule has 4 rings (SSSR count). The minimum atomic E-state index is -0.214. The number of methoxy groups -OCH3 is 1. The molecular weight excluding hydrogens is 333 g/mol. The standard InChI is InChI=1S/C20H20FN3O2/c1-25-18-10-4-15(5-11-18)20-22-19(23-26-20)13-24(17-8-9-17)12-14-2-6-16(21)7-3-14/h2-7,10-11,17H,8-9,12-13H2,1H3. The number of hydrogen-bond acceptors (Lipinski definition) is 5. The highest BCUT2D eigenvalue weighted by atomic mass is 19.1. The van der Waals surface area contributed by atoms with Gasteiger partial charge in [-0.1, -0.05) is 17.3 Å². The van der Waals surface area contributed by atoms with Crippen LogP contribution in [0.15, 0.2) is 53.1 Å². The minimum absolute atomic E-state index is 0.214. The molecule has 1 fully saturated rings. The highest BCUT2D eigenvalue weighted by Gasteiger charge is 2.30. The fourth-order valence-electron chi connectivity index (χ4n) is 2.93. The van der Waals surface area contributed by atoms with E-state index in [2.05, 4.69) is 15.0 Å². The molecule has 1 aliphatic carbocycles. The molecule has 0 spiro atoms. The SMILES string of the molecule is COc1ccc(-c2nc(CN(Cc3ccc(F)cc3)C3CC3)no2)cc1. The quantitative estimate of drug-likeness (QED) is 0.641. The number of nitrogens with zero attached hydrogens (tertiary/aromatic N) is 3. The molecular formula is C20H20FN3O2. The third-order valence-corrected chi connectivity index (χ3v) is 4.51. The summed E-state index contributed by atoms with van der Waals surface area (Å²) in [5, 5.41) is 4.12. The zero-order chi connectivity index (χ0) is 17.9. The number of benzene rings is 2. The van der Waals surface area contributed by atoms with Gasteiger partial charge in [-0.25, -0.2) is 4.39 Å². The first kappa shape index (κ1) is 16.7. The van der Waals surface area contributed by atoms with Crippen LogP contribution in [0.25, 0.3) is 11.5 Å². The van der Waals surface area contributed by atoms with Crippen molar-refractivity contribution in [2.45, 2.75) is 32.0 Å². The molecule has 134 valence electrons. The normalized spacial score (nSPS) is 14.0. The maximum Gasteiger partial charge on any atom is 0.257 e. The summed E-state index contributed by atoms with van der Waals surface area (Å²) >= 11 is 0. The van der Waals surface area contributed by atoms with Crippen LogP contribution in [0.5, 0.6) is 5.75 Å². The molecule has 0 saturated heterocycles. The lowest BCUT2D eigenvalue weighted by Gasteiger charge is -2.20. The second-order valence-electron chi connectivity index (χ2n) is 6.51. The van der Waals surface area contributed by atoms with Crippen LogP contribution in [-0.4, -0.2) is 28.2 Å². The topological polar surface area (TPSA) is 51.4 Å². The molecule has 0 aliphatic heterocycles. The Kier molecular flexibility index (Phi) is 4.67. The average molecular weight is 353 g/mol. The Hall–Kier alpha value is -2.73. The van der Waals surface area contributed by atoms with Crippen molar-refractivity contribution in [3.8, 4) is 17.2 Å². The van der Waals surface area contributed by atoms with Gasteiger partial charge in [0.05, 0.1) is 13.7 Å². The van der Waals surface area contributed by atoms with Crippen molar-refractivity contribution < 1.29 is 13.7 Å². The maximum absolute atomic E-state index is 13.1. The van der Waals surface area contributed by atoms with E-state index >= 15 is 0 Å². The molecule has 26 heavy (non-hydrogen) atoms. The molecule has 3 aromatic rings. The summed E-state index contributed by atoms with van der Waals surface area (Å²) in [5.74, 6) is 1.73. The first-order chi connectivity index (χ1) is 12.7. The van der Waals surface area contributed by atoms with Crippen LogP contribution in [-0.2, 0) is 13.1 Å². The molecule has 0 radical (unpaired) electrons. The van der Waals surface area contributed by atoms with Gasteiger partial charge >= 0.3 is 0 Å². The number of halogens is 1. The van der Waals surface area contributed by atoms with Crippen LogP contribution < -0.4 is 4.74 Å². The summed E-state index contributed by atoms with van der Waals surface area (Å²) in [6, 6.07) is 14.7. The van der Waals surface area contributed by atoms with Gasteiger partial charge in [-0.05, 0) is 54.8 Å². The van der Waals surface area contributed by atoms with E-state index in [0.29, 0.717) is 24.3 Å². The number of rotatable bonds is 7. The third-order valence-electron chi connectivity index (χ3n) is 4.51. The zero-order valence-electron chi connectivity index (χ0n) is 14.6. The third kappa shape index (κ3) is 3.91. The van der Waals surface area contributed by atoms with Gasteiger partial charge in [0.1, 0.15) is 11.6 Å². The predicted octanol–water partition coefficient (Wildman–Crippen LogP) is 4.05. The molecule has 5 nitrogen and oxygen atoms in total. The van der Waals surface area contributed by atoms with Crippen molar-refractivity contribution in [3.05, 3.63) is 65.7 Å². The van der Waals surface area contributed by atoms with Crippen molar-refractivity contribution in [3.63, 3.8) is 0 Å². The Morgan fingerprint density at radius 1 is 1.08 bits per heavy atom. The summed E-state index contributed by atoms with van der Waals surface area (Å²) < 4.78 is 23.7. The Morgan fingerprint density at radius 2 is 1.81 bits per heavy atom. The molecule has 2 aromatic carbocycles. The van der Waals surface area contributed by atoms with Gasteiger partial charge < -0.3 is 9.26 Å². The zero-order valence-corrected chi connectivity index (χ0v) is 14.6. The van der Waals surface area contributed by atoms with Crippen LogP contribution in [0, 0.1) is 5.82 Å². The van der Waals surface area contributed by atoms with Crippen LogP contribution in [0.2, 0.25) is 0 Å². The number of hydrogen-bond donors (Lipinski definition) is 0. The van der Waals surface area contributed by atoms with Gasteiger partial charge in [0.2, 0.25) is 0 Å². The summed E-state index contributed by atoms with van der Waals surface area (Å²) in [4.78, 5) is 6.84. The molecule has 0 atom stereocenters. The molecule has 0 unspecified atom stereocenters. The fraction of sp³-hybridized carbons (Fsp3) is 0.300. The molecule has 0 N–H and O–H groups in total. The number of ether oxygens (including phenoxy) is 1. The predicted molar refractivity (Wildman–Crippen MR) is 95.0 cm³/mol. The van der Waals surface area contributed by atoms with Gasteiger partial charge in [-0.15, -0.1) is 0 Å². The smallest absolute Gasteiger partial charge is 0.257 e. The lowest BCUT2D eigenvalue weighted by atomic mass is 10.2. The Labute approximate surface area is 151 Å². The second kappa shape index (κ2) is 7.25. The van der Waals surface area contributed by atoms with E-state index in [1.165, 1.54) is 25.0 Å². The molecule has 0 amide bonds. The Morgan fingerprint density at radius 3 is 2.46 bits per heavy atom. The lowest BCUT2D eigenvalue weighted by molar-refractivity contribution is 0.235. The Bertz CT molecular complexity index is 858. The molecule has 1 aliphatic rings. The van der Waals surface area contributed by atoms with Crippen molar-refractivity contribution >= 4 is 0 Å². The fourth-order valence-corrected chi connectivity index (χ4v) is 2.93. The van der Waals surface area contributed by atoms with E-state index < -0.39 is 0 Å². The molecule has 6 heteroatoms. The molecule has 1 heterocycles. The highest BCUT2D eigenvalue weighted by Crippen LogP contribution is 2.30. The van der Waals surface area contributed by atoms with E-state index in [4.69, 9.17) is 9.26 Å². The van der Waals surface area contributed by atoms with Gasteiger partial charge in [-0.2, -0.15) is 4.98 Å². The molecule has 1 aromatic heterocycles. The van der Waals surface area contributed by atoms with Crippen LogP contribution in [0.1, 0.15) is 24.2 Å². The maximum atomic E-state index is 13.1. The Balaban J connectivity index is 1.46. The summed E-state index contributed by atoms with van der Waals surface area (Å²) in [7, 11) is 1.63. The van der Waals surface area contributed by atoms with E-state index in [9.17, 15) is 4.39 Å². The summed E-state index contributed by atoms with van der Waals surface area (Å²) in [5.41, 5.74) is 1.94. The van der Waals surface area contributed by atoms with E-state index in [1.54, 1.807) is 7.11 Å². The van der Waals surface area contributed by atoms with E-state index in [1.807, 2.05) is 36.4 Å². The average Bonchev–Trinajstić information content (AvgIpc) is 3.42. The van der Waals surface area contributed by atoms with Gasteiger partial charge in [0, 0.05) is 18.2 Å². The first-order valence-electron chi connectivity index (χ1n) is 8.67. The lowest BCUT2D eigenvalue weighted by Crippen LogP contribution is -2.25. The van der Waals surface area contributed by atoms with E-state index in [-0.39, 0.29) is 5.82 Å². The van der Waals surface area contributed by atoms with Crippen LogP contribution in [0.4, 0.5) is 4.39 Å². The van der Waals surface area contributed by atoms with Crippen molar-refractivity contribution in [2.24, 2.45) is 0 Å². The largest absolute Gasteiger partial charge is 0.497 e. The number of aromatic nitrogens is 2. The van der Waals surface area contributed by atoms with Crippen LogP contribution in [0.3, 0.4) is 0 Å². The van der Waals surface area contributed by atoms with Crippen molar-refractivity contribution in [2.75, 3.05) is 7.11 Å². The van der Waals surface area contributed by atoms with Gasteiger partial charge in [-0.3, -0.25) is 4.90 Å². The van der Waals surface area contributed by atoms with Crippen molar-refractivity contribution in [1.29, 1.82) is 0 Å². The van der Waals surface area contributed by atoms with E-state index in [0.717, 1.165) is 23.4 Å². The van der Waals surface area contributed by atoms with Crippen molar-refractivity contribution in [1.82, 2.24) is 15.0 Å². The van der Waals surface area contributed by atoms with Gasteiger partial charge in [0.25, 0.3) is 5.89 Å². The minimum Gasteiger partial charge on any atom is -0.497 e. The summed E-state index contributed by atoms with van der Waals surface area (Å²) in [6.45, 7) is 1.36. The first-order valence-corrected chi connectivity index (χ1v) is 8.67.